The summed E-state index contributed by atoms with van der Waals surface area (Å²) in [6.45, 7) is 4.32. The molecule has 6 heteroatoms. The minimum atomic E-state index is -3.15. The van der Waals surface area contributed by atoms with Gasteiger partial charge in [-0.1, -0.05) is 0 Å². The molecule has 1 aliphatic heterocycles. The van der Waals surface area contributed by atoms with Gasteiger partial charge in [-0.25, -0.2) is 8.42 Å². The van der Waals surface area contributed by atoms with Crippen LogP contribution in [-0.2, 0) is 23.0 Å². The van der Waals surface area contributed by atoms with Crippen LogP contribution in [-0.4, -0.2) is 34.7 Å². The summed E-state index contributed by atoms with van der Waals surface area (Å²) in [5.74, 6) is 0. The van der Waals surface area contributed by atoms with Gasteiger partial charge in [-0.2, -0.15) is 9.40 Å². The molecule has 0 fully saturated rings. The average molecular weight is 228 g/mol. The third kappa shape index (κ3) is 1.79. The van der Waals surface area contributed by atoms with Gasteiger partial charge < -0.3 is 0 Å². The molecular formula is C9H14N3O2S. The summed E-state index contributed by atoms with van der Waals surface area (Å²) in [5.41, 5.74) is 1.87. The summed E-state index contributed by atoms with van der Waals surface area (Å²) >= 11 is 0. The first kappa shape index (κ1) is 10.6. The van der Waals surface area contributed by atoms with E-state index in [1.807, 2.05) is 0 Å². The Morgan fingerprint density at radius 2 is 2.27 bits per heavy atom. The van der Waals surface area contributed by atoms with Gasteiger partial charge in [-0.15, -0.1) is 0 Å². The molecule has 0 atom stereocenters. The Hall–Kier alpha value is -0.880. The van der Waals surface area contributed by atoms with Crippen molar-refractivity contribution >= 4 is 10.0 Å². The van der Waals surface area contributed by atoms with Gasteiger partial charge in [-0.05, 0) is 20.3 Å². The Kier molecular flexibility index (Phi) is 2.56. The summed E-state index contributed by atoms with van der Waals surface area (Å²) in [7, 11) is -3.15. The van der Waals surface area contributed by atoms with Gasteiger partial charge in [0.1, 0.15) is 6.20 Å². The van der Waals surface area contributed by atoms with Crippen LogP contribution in [0.15, 0.2) is 0 Å². The molecule has 2 heterocycles. The third-order valence-electron chi connectivity index (χ3n) is 2.65. The molecule has 0 saturated carbocycles. The van der Waals surface area contributed by atoms with E-state index in [2.05, 4.69) is 16.4 Å². The average Bonchev–Trinajstić information content (AvgIpc) is 2.63. The fourth-order valence-electron chi connectivity index (χ4n) is 1.64. The van der Waals surface area contributed by atoms with Crippen LogP contribution in [0, 0.1) is 6.20 Å². The number of hydrogen-bond acceptors (Lipinski definition) is 3. The number of nitrogens with zero attached hydrogens (tertiary/aromatic N) is 2. The van der Waals surface area contributed by atoms with Crippen molar-refractivity contribution in [2.45, 2.75) is 32.1 Å². The second-order valence-corrected chi connectivity index (χ2v) is 6.46. The Bertz CT molecular complexity index is 450. The first-order valence-electron chi connectivity index (χ1n) is 4.94. The van der Waals surface area contributed by atoms with Gasteiger partial charge in [0.2, 0.25) is 10.0 Å². The lowest BCUT2D eigenvalue weighted by atomic mass is 10.1. The van der Waals surface area contributed by atoms with Crippen LogP contribution in [0.2, 0.25) is 0 Å². The fraction of sp³-hybridized carbons (Fsp3) is 0.667. The summed E-state index contributed by atoms with van der Waals surface area (Å²) in [5, 5.41) is 6.21. The standard InChI is InChI=1S/C9H14N3O2S/c1-7(2)15(13,14)12-4-3-8-5-10-11-9(8)6-12/h7H,3-4,6H2,1-2H3,(H,10,11). The van der Waals surface area contributed by atoms with Gasteiger partial charge in [-0.3, -0.25) is 5.10 Å². The zero-order valence-electron chi connectivity index (χ0n) is 8.82. The molecule has 2 rings (SSSR count). The van der Waals surface area contributed by atoms with Crippen molar-refractivity contribution in [2.75, 3.05) is 6.54 Å². The zero-order valence-corrected chi connectivity index (χ0v) is 9.63. The van der Waals surface area contributed by atoms with Gasteiger partial charge in [0.25, 0.3) is 0 Å². The summed E-state index contributed by atoms with van der Waals surface area (Å²) in [6, 6.07) is 0. The maximum atomic E-state index is 11.9. The minimum Gasteiger partial charge on any atom is -0.280 e. The van der Waals surface area contributed by atoms with Crippen LogP contribution in [0.3, 0.4) is 0 Å². The van der Waals surface area contributed by atoms with Gasteiger partial charge >= 0.3 is 0 Å². The highest BCUT2D eigenvalue weighted by Crippen LogP contribution is 2.20. The van der Waals surface area contributed by atoms with Gasteiger partial charge in [0.05, 0.1) is 17.5 Å². The van der Waals surface area contributed by atoms with Crippen LogP contribution in [0.4, 0.5) is 0 Å². The summed E-state index contributed by atoms with van der Waals surface area (Å²) in [6.07, 6.45) is 3.52. The summed E-state index contributed by atoms with van der Waals surface area (Å²) in [4.78, 5) is 0. The predicted octanol–water partition coefficient (Wildman–Crippen LogP) is 0.306. The van der Waals surface area contributed by atoms with Crippen molar-refractivity contribution < 1.29 is 8.42 Å². The molecule has 5 nitrogen and oxygen atoms in total. The van der Waals surface area contributed by atoms with Crippen LogP contribution >= 0.6 is 0 Å². The number of nitrogens with one attached hydrogen (secondary N) is 1. The second-order valence-electron chi connectivity index (χ2n) is 3.97. The van der Waals surface area contributed by atoms with Crippen molar-refractivity contribution in [3.8, 4) is 0 Å². The molecule has 1 aromatic heterocycles. The van der Waals surface area contributed by atoms with Crippen LogP contribution < -0.4 is 0 Å². The molecule has 1 N–H and O–H groups in total. The van der Waals surface area contributed by atoms with E-state index in [9.17, 15) is 8.42 Å². The number of sulfonamides is 1. The molecule has 0 bridgehead atoms. The lowest BCUT2D eigenvalue weighted by Gasteiger charge is -2.27. The van der Waals surface area contributed by atoms with Crippen molar-refractivity contribution in [3.05, 3.63) is 17.5 Å². The molecule has 0 unspecified atom stereocenters. The van der Waals surface area contributed by atoms with E-state index >= 15 is 0 Å². The first-order valence-corrected chi connectivity index (χ1v) is 6.45. The lowest BCUT2D eigenvalue weighted by Crippen LogP contribution is -2.39. The quantitative estimate of drug-likeness (QED) is 0.792. The molecule has 0 saturated heterocycles. The van der Waals surface area contributed by atoms with E-state index in [1.54, 1.807) is 13.8 Å². The highest BCUT2D eigenvalue weighted by Gasteiger charge is 2.29. The van der Waals surface area contributed by atoms with Crippen LogP contribution in [0.5, 0.6) is 0 Å². The Morgan fingerprint density at radius 3 is 2.93 bits per heavy atom. The van der Waals surface area contributed by atoms with Crippen molar-refractivity contribution in [3.63, 3.8) is 0 Å². The number of hydrogen-bond donors (Lipinski definition) is 1. The van der Waals surface area contributed by atoms with E-state index in [-0.39, 0.29) is 5.25 Å². The molecule has 0 aliphatic carbocycles. The normalized spacial score (nSPS) is 18.1. The molecule has 1 radical (unpaired) electrons. The monoisotopic (exact) mass is 228 g/mol. The van der Waals surface area contributed by atoms with Crippen LogP contribution in [0.25, 0.3) is 0 Å². The summed E-state index contributed by atoms with van der Waals surface area (Å²) < 4.78 is 25.3. The van der Waals surface area contributed by atoms with Crippen LogP contribution in [0.1, 0.15) is 25.1 Å². The Morgan fingerprint density at radius 1 is 1.53 bits per heavy atom. The smallest absolute Gasteiger partial charge is 0.216 e. The maximum Gasteiger partial charge on any atom is 0.216 e. The van der Waals surface area contributed by atoms with Crippen molar-refractivity contribution in [2.24, 2.45) is 0 Å². The highest BCUT2D eigenvalue weighted by atomic mass is 32.2. The van der Waals surface area contributed by atoms with E-state index in [4.69, 9.17) is 0 Å². The van der Waals surface area contributed by atoms with E-state index in [1.165, 1.54) is 4.31 Å². The molecule has 0 amide bonds. The largest absolute Gasteiger partial charge is 0.280 e. The number of H-pyrrole nitrogens is 1. The van der Waals surface area contributed by atoms with Gasteiger partial charge in [0.15, 0.2) is 0 Å². The molecule has 83 valence electrons. The molecule has 15 heavy (non-hydrogen) atoms. The zero-order chi connectivity index (χ0) is 11.1. The van der Waals surface area contributed by atoms with E-state index in [0.29, 0.717) is 19.5 Å². The lowest BCUT2D eigenvalue weighted by molar-refractivity contribution is 0.383. The SMILES string of the molecule is CC(C)S(=O)(=O)N1CCc2[c]n[nH]c2C1. The highest BCUT2D eigenvalue weighted by molar-refractivity contribution is 7.89. The van der Waals surface area contributed by atoms with Gasteiger partial charge in [0, 0.05) is 12.1 Å². The predicted molar refractivity (Wildman–Crippen MR) is 55.6 cm³/mol. The number of rotatable bonds is 2. The van der Waals surface area contributed by atoms with Crippen molar-refractivity contribution in [1.29, 1.82) is 0 Å². The number of aromatic amines is 1. The van der Waals surface area contributed by atoms with E-state index in [0.717, 1.165) is 11.3 Å². The number of fused-ring (bicyclic) bond motifs is 1. The molecule has 0 spiro atoms. The van der Waals surface area contributed by atoms with E-state index < -0.39 is 10.0 Å². The third-order valence-corrected chi connectivity index (χ3v) is 4.87. The second kappa shape index (κ2) is 3.61. The fourth-order valence-corrected chi connectivity index (χ4v) is 2.89. The molecule has 1 aromatic rings. The first-order chi connectivity index (χ1) is 7.01. The topological polar surface area (TPSA) is 66.1 Å². The molecular weight excluding hydrogens is 214 g/mol. The Balaban J connectivity index is 2.24. The van der Waals surface area contributed by atoms with Crippen molar-refractivity contribution in [1.82, 2.24) is 14.5 Å². The maximum absolute atomic E-state index is 11.9. The Labute approximate surface area is 89.5 Å². The molecule has 0 aromatic carbocycles. The number of aromatic nitrogens is 2. The minimum absolute atomic E-state index is 0.369. The molecule has 1 aliphatic rings.